The molecule has 246 valence electrons. The van der Waals surface area contributed by atoms with Gasteiger partial charge in [-0.1, -0.05) is 5.21 Å². The van der Waals surface area contributed by atoms with Gasteiger partial charge in [-0.15, -0.1) is 5.10 Å². The zero-order valence-electron chi connectivity index (χ0n) is 23.4. The minimum Gasteiger partial charge on any atom is -0.388 e. The maximum atomic E-state index is 13.5. The van der Waals surface area contributed by atoms with Gasteiger partial charge in [0.15, 0.2) is 28.9 Å². The average molecular weight is 683 g/mol. The zero-order chi connectivity index (χ0) is 32.1. The van der Waals surface area contributed by atoms with Crippen LogP contribution in [0.2, 0.25) is 0 Å². The normalized spacial score (nSPS) is 39.7. The standard InChI is InChI=1S/C22H27N11O11P2/c23-16-9-17(26-5-25-16)32(6-27-9)11-7-1-2-22(7)4-41-46(38,39)44-14-12(34)8(3-40-45(37)43-15(22)13(11)35)42-20(14)33-18-10(30-31-33)19(36)29-21(24)28-18/h5-8,11-15,20,34-35,45H,1-4H2,(H,38,39)(H2,23,25,26)(H3,24,28,29,36)/t7-,8-,11-,12-,13+,14-,15+,20-,22+/m1/s1. The lowest BCUT2D eigenvalue weighted by Crippen LogP contribution is -2.49. The van der Waals surface area contributed by atoms with Crippen LogP contribution in [0.5, 0.6) is 0 Å². The number of nitrogen functional groups attached to an aromatic ring is 2. The van der Waals surface area contributed by atoms with Gasteiger partial charge < -0.3 is 44.9 Å². The number of aromatic nitrogens is 9. The third kappa shape index (κ3) is 4.44. The van der Waals surface area contributed by atoms with Crippen LogP contribution in [0.25, 0.3) is 22.3 Å². The molecular formula is C22H27N11O11P2. The highest BCUT2D eigenvalue weighted by Gasteiger charge is 2.67. The fourth-order valence-electron chi connectivity index (χ4n) is 7.07. The Morgan fingerprint density at radius 1 is 1.15 bits per heavy atom. The Labute approximate surface area is 256 Å². The van der Waals surface area contributed by atoms with E-state index in [4.69, 9.17) is 34.3 Å². The summed E-state index contributed by atoms with van der Waals surface area (Å²) in [6.07, 6.45) is -4.96. The number of aliphatic hydroxyl groups is 2. The predicted octanol–water partition coefficient (Wildman–Crippen LogP) is -1.60. The molecule has 0 aromatic carbocycles. The first kappa shape index (κ1) is 29.9. The van der Waals surface area contributed by atoms with Crippen LogP contribution in [0.4, 0.5) is 11.8 Å². The van der Waals surface area contributed by atoms with Crippen LogP contribution in [0, 0.1) is 11.3 Å². The van der Waals surface area contributed by atoms with Crippen LogP contribution < -0.4 is 17.0 Å². The molecule has 46 heavy (non-hydrogen) atoms. The van der Waals surface area contributed by atoms with Gasteiger partial charge in [-0.3, -0.25) is 23.4 Å². The van der Waals surface area contributed by atoms with Crippen LogP contribution in [0.3, 0.4) is 0 Å². The molecule has 1 spiro atoms. The number of aromatic amines is 1. The van der Waals surface area contributed by atoms with Crippen molar-refractivity contribution in [1.29, 1.82) is 0 Å². The van der Waals surface area contributed by atoms with Gasteiger partial charge >= 0.3 is 16.1 Å². The number of hydrogen-bond acceptors (Lipinski definition) is 18. The minimum atomic E-state index is -5.02. The van der Waals surface area contributed by atoms with Gasteiger partial charge in [0.1, 0.15) is 42.4 Å². The fourth-order valence-corrected chi connectivity index (χ4v) is 9.02. The molecule has 0 radical (unpaired) electrons. The van der Waals surface area contributed by atoms with E-state index in [1.165, 1.54) is 12.7 Å². The van der Waals surface area contributed by atoms with Crippen molar-refractivity contribution in [2.45, 2.75) is 55.6 Å². The molecule has 2 aliphatic heterocycles. The fraction of sp³-hybridized carbons (Fsp3) is 0.591. The second kappa shape index (κ2) is 10.5. The number of nitrogens with two attached hydrogens (primary N) is 2. The van der Waals surface area contributed by atoms with Crippen molar-refractivity contribution in [3.63, 3.8) is 0 Å². The lowest BCUT2D eigenvalue weighted by atomic mass is 9.60. The van der Waals surface area contributed by atoms with E-state index in [2.05, 4.69) is 35.2 Å². The van der Waals surface area contributed by atoms with Gasteiger partial charge in [0.2, 0.25) is 5.95 Å². The maximum absolute atomic E-state index is 13.5. The largest absolute Gasteiger partial charge is 0.472 e. The molecule has 4 aromatic rings. The second-order valence-electron chi connectivity index (χ2n) is 11.6. The van der Waals surface area contributed by atoms with Crippen molar-refractivity contribution in [3.8, 4) is 0 Å². The third-order valence-electron chi connectivity index (χ3n) is 9.25. The van der Waals surface area contributed by atoms with E-state index in [1.54, 1.807) is 4.57 Å². The summed E-state index contributed by atoms with van der Waals surface area (Å²) < 4.78 is 57.5. The van der Waals surface area contributed by atoms with E-state index < -0.39 is 89.0 Å². The number of fused-ring (bicyclic) bond motifs is 4. The molecule has 8 N–H and O–H groups in total. The van der Waals surface area contributed by atoms with Crippen LogP contribution in [-0.4, -0.2) is 103 Å². The number of nitrogens with one attached hydrogen (secondary N) is 1. The quantitative estimate of drug-likeness (QED) is 0.130. The van der Waals surface area contributed by atoms with Gasteiger partial charge in [0, 0.05) is 5.41 Å². The number of phosphoric ester groups is 1. The SMILES string of the molecule is Nc1nc2c(nnn2[C@@H]2O[C@@H]3CO[PH](=O)O[C@H]4[C@@H](O)[C@H](n5cnc6c(N)ncnc65)[C@H]5CC[C@]54COP(=O)(O)O[C@@H]2[C@@H]3O)c(=O)[nH]1. The molecule has 22 nitrogen and oxygen atoms in total. The lowest BCUT2D eigenvalue weighted by molar-refractivity contribution is -0.0976. The number of ether oxygens (including phenoxy) is 1. The summed E-state index contributed by atoms with van der Waals surface area (Å²) in [6, 6.07) is -0.724. The molecule has 2 aliphatic carbocycles. The Bertz CT molecular complexity index is 1990. The predicted molar refractivity (Wildman–Crippen MR) is 151 cm³/mol. The van der Waals surface area contributed by atoms with Crippen LogP contribution in [0.1, 0.15) is 25.1 Å². The Kier molecular flexibility index (Phi) is 6.86. The van der Waals surface area contributed by atoms with Crippen molar-refractivity contribution in [1.82, 2.24) is 44.5 Å². The van der Waals surface area contributed by atoms with Crippen molar-refractivity contribution in [2.24, 2.45) is 11.3 Å². The smallest absolute Gasteiger partial charge is 0.388 e. The van der Waals surface area contributed by atoms with Crippen molar-refractivity contribution >= 4 is 50.2 Å². The number of aliphatic hydroxyl groups excluding tert-OH is 2. The molecule has 6 heterocycles. The highest BCUT2D eigenvalue weighted by atomic mass is 31.2. The topological polar surface area (TPSA) is 313 Å². The summed E-state index contributed by atoms with van der Waals surface area (Å²) in [5.74, 6) is -0.553. The van der Waals surface area contributed by atoms with E-state index in [0.717, 1.165) is 4.68 Å². The van der Waals surface area contributed by atoms with Gasteiger partial charge in [-0.25, -0.2) is 19.5 Å². The minimum absolute atomic E-state index is 0.140. The van der Waals surface area contributed by atoms with E-state index in [0.29, 0.717) is 24.0 Å². The summed E-state index contributed by atoms with van der Waals surface area (Å²) in [5.41, 5.74) is 10.1. The molecular weight excluding hydrogens is 656 g/mol. The summed E-state index contributed by atoms with van der Waals surface area (Å²) in [6.45, 7) is -1.00. The molecule has 4 fully saturated rings. The van der Waals surface area contributed by atoms with Crippen molar-refractivity contribution in [2.75, 3.05) is 24.7 Å². The van der Waals surface area contributed by atoms with E-state index in [-0.39, 0.29) is 22.9 Å². The number of imidazole rings is 1. The van der Waals surface area contributed by atoms with Gasteiger partial charge in [-0.2, -0.15) is 9.67 Å². The summed E-state index contributed by atoms with van der Waals surface area (Å²) >= 11 is 0. The van der Waals surface area contributed by atoms with Gasteiger partial charge in [0.05, 0.1) is 25.6 Å². The van der Waals surface area contributed by atoms with Gasteiger partial charge in [0.25, 0.3) is 5.56 Å². The van der Waals surface area contributed by atoms with E-state index in [9.17, 15) is 29.0 Å². The number of hydrogen-bond donors (Lipinski definition) is 6. The van der Waals surface area contributed by atoms with Crippen LogP contribution in [-0.2, 0) is 32.0 Å². The number of nitrogens with zero attached hydrogens (tertiary/aromatic N) is 8. The van der Waals surface area contributed by atoms with Crippen LogP contribution in [0.15, 0.2) is 17.4 Å². The Balaban J connectivity index is 1.14. The number of H-pyrrole nitrogens is 1. The maximum Gasteiger partial charge on any atom is 0.472 e. The summed E-state index contributed by atoms with van der Waals surface area (Å²) in [4.78, 5) is 42.0. The number of anilines is 2. The lowest BCUT2D eigenvalue weighted by Gasteiger charge is -2.48. The molecule has 4 aliphatic rings. The molecule has 4 aromatic heterocycles. The Hall–Kier alpha value is -3.43. The average Bonchev–Trinajstić information content (AvgIpc) is 3.72. The molecule has 2 bridgehead atoms. The highest BCUT2D eigenvalue weighted by Crippen LogP contribution is 2.66. The summed E-state index contributed by atoms with van der Waals surface area (Å²) in [7, 11) is -8.40. The number of rotatable bonds is 2. The molecule has 0 amide bonds. The van der Waals surface area contributed by atoms with Crippen molar-refractivity contribution in [3.05, 3.63) is 23.0 Å². The molecule has 24 heteroatoms. The van der Waals surface area contributed by atoms with Crippen molar-refractivity contribution < 1.29 is 47.1 Å². The molecule has 2 saturated carbocycles. The first-order valence-corrected chi connectivity index (χ1v) is 16.7. The third-order valence-corrected chi connectivity index (χ3v) is 11.1. The highest BCUT2D eigenvalue weighted by molar-refractivity contribution is 7.47. The first-order valence-electron chi connectivity index (χ1n) is 14.0. The second-order valence-corrected chi connectivity index (χ2v) is 14.0. The first-order chi connectivity index (χ1) is 22.0. The molecule has 2 saturated heterocycles. The van der Waals surface area contributed by atoms with E-state index in [1.807, 2.05) is 0 Å². The molecule has 8 rings (SSSR count). The van der Waals surface area contributed by atoms with E-state index >= 15 is 0 Å². The molecule has 11 atom stereocenters. The summed E-state index contributed by atoms with van der Waals surface area (Å²) in [5, 5.41) is 30.3. The number of phosphoric acid groups is 1. The zero-order valence-corrected chi connectivity index (χ0v) is 25.3. The Morgan fingerprint density at radius 2 is 1.98 bits per heavy atom. The van der Waals surface area contributed by atoms with Gasteiger partial charge in [-0.05, 0) is 18.8 Å². The Morgan fingerprint density at radius 3 is 2.76 bits per heavy atom. The monoisotopic (exact) mass is 683 g/mol. The molecule has 2 unspecified atom stereocenters. The van der Waals surface area contributed by atoms with Crippen LogP contribution >= 0.6 is 16.1 Å².